The highest BCUT2D eigenvalue weighted by atomic mass is 35.5. The first-order valence-electron chi connectivity index (χ1n) is 13.1. The fourth-order valence-corrected chi connectivity index (χ4v) is 6.36. The van der Waals surface area contributed by atoms with Gasteiger partial charge in [-0.25, -0.2) is 8.42 Å². The predicted molar refractivity (Wildman–Crippen MR) is 154 cm³/mol. The number of hydrogen-bond donors (Lipinski definition) is 1. The predicted octanol–water partition coefficient (Wildman–Crippen LogP) is 5.58. The Morgan fingerprint density at radius 1 is 1.00 bits per heavy atom. The minimum atomic E-state index is -3.81. The van der Waals surface area contributed by atoms with Gasteiger partial charge in [0.2, 0.25) is 21.8 Å². The number of para-hydroxylation sites is 1. The molecule has 0 radical (unpaired) electrons. The number of rotatable bonds is 11. The lowest BCUT2D eigenvalue weighted by Gasteiger charge is -2.34. The Hall–Kier alpha value is -2.29. The molecule has 0 saturated heterocycles. The molecular weight excluding hydrogens is 545 g/mol. The van der Waals surface area contributed by atoms with E-state index in [1.807, 2.05) is 26.0 Å². The number of carbonyl (C=O) groups is 2. The van der Waals surface area contributed by atoms with Crippen LogP contribution in [-0.2, 0) is 32.6 Å². The van der Waals surface area contributed by atoms with E-state index in [1.54, 1.807) is 30.3 Å². The van der Waals surface area contributed by atoms with E-state index in [0.717, 1.165) is 48.2 Å². The van der Waals surface area contributed by atoms with Gasteiger partial charge in [-0.15, -0.1) is 0 Å². The Morgan fingerprint density at radius 2 is 1.63 bits per heavy atom. The molecule has 2 amide bonds. The van der Waals surface area contributed by atoms with Gasteiger partial charge in [-0.2, -0.15) is 0 Å². The molecule has 1 fully saturated rings. The minimum Gasteiger partial charge on any atom is -0.352 e. The molecule has 0 aliphatic heterocycles. The number of nitrogens with zero attached hydrogens (tertiary/aromatic N) is 2. The van der Waals surface area contributed by atoms with Gasteiger partial charge in [0.25, 0.3) is 0 Å². The number of nitrogens with one attached hydrogen (secondary N) is 1. The summed E-state index contributed by atoms with van der Waals surface area (Å²) in [5.41, 5.74) is 1.75. The molecule has 2 aromatic rings. The molecule has 2 aromatic carbocycles. The fourth-order valence-electron chi connectivity index (χ4n) is 4.97. The van der Waals surface area contributed by atoms with Crippen molar-refractivity contribution in [2.75, 3.05) is 17.1 Å². The van der Waals surface area contributed by atoms with Crippen molar-refractivity contribution in [1.82, 2.24) is 10.2 Å². The van der Waals surface area contributed by atoms with Crippen LogP contribution in [0.3, 0.4) is 0 Å². The molecule has 1 atom stereocenters. The fraction of sp³-hybridized carbons (Fsp3) is 0.500. The maximum atomic E-state index is 14.0. The van der Waals surface area contributed by atoms with E-state index in [9.17, 15) is 18.0 Å². The molecule has 1 aliphatic carbocycles. The van der Waals surface area contributed by atoms with E-state index < -0.39 is 28.5 Å². The van der Waals surface area contributed by atoms with E-state index in [1.165, 1.54) is 4.90 Å². The summed E-state index contributed by atoms with van der Waals surface area (Å²) in [6.07, 6.45) is 7.09. The molecule has 0 aromatic heterocycles. The summed E-state index contributed by atoms with van der Waals surface area (Å²) in [7, 11) is -3.81. The first kappa shape index (κ1) is 30.3. The van der Waals surface area contributed by atoms with Crippen LogP contribution < -0.4 is 9.62 Å². The van der Waals surface area contributed by atoms with Crippen LogP contribution >= 0.6 is 23.2 Å². The van der Waals surface area contributed by atoms with Crippen LogP contribution in [0.5, 0.6) is 0 Å². The highest BCUT2D eigenvalue weighted by Gasteiger charge is 2.33. The van der Waals surface area contributed by atoms with Gasteiger partial charge in [0.05, 0.1) is 11.9 Å². The molecule has 7 nitrogen and oxygen atoms in total. The monoisotopic (exact) mass is 581 g/mol. The summed E-state index contributed by atoms with van der Waals surface area (Å²) in [4.78, 5) is 28.9. The standard InChI is InChI=1S/C28H37Cl2N3O4S/c1-4-20-12-9-10-17-26(20)33(38(3,36)37)19-27(34)32(18-22-23(29)15-11-16-24(22)30)25(5-2)28(35)31-21-13-7-6-8-14-21/h9-12,15-17,21,25H,4-8,13-14,18-19H2,1-3H3,(H,31,35)/t25-/m1/s1. The Morgan fingerprint density at radius 3 is 2.21 bits per heavy atom. The molecule has 0 heterocycles. The van der Waals surface area contributed by atoms with Gasteiger partial charge < -0.3 is 10.2 Å². The molecule has 1 saturated carbocycles. The topological polar surface area (TPSA) is 86.8 Å². The number of anilines is 1. The third-order valence-electron chi connectivity index (χ3n) is 7.05. The number of aryl methyl sites for hydroxylation is 1. The van der Waals surface area contributed by atoms with Crippen molar-refractivity contribution in [3.63, 3.8) is 0 Å². The van der Waals surface area contributed by atoms with Crippen molar-refractivity contribution in [3.8, 4) is 0 Å². The van der Waals surface area contributed by atoms with E-state index >= 15 is 0 Å². The van der Waals surface area contributed by atoms with Crippen LogP contribution in [-0.4, -0.2) is 50.0 Å². The SMILES string of the molecule is CCc1ccccc1N(CC(=O)N(Cc1c(Cl)cccc1Cl)[C@H](CC)C(=O)NC1CCCCC1)S(C)(=O)=O. The molecule has 208 valence electrons. The highest BCUT2D eigenvalue weighted by Crippen LogP contribution is 2.29. The molecule has 10 heteroatoms. The van der Waals surface area contributed by atoms with E-state index in [4.69, 9.17) is 23.2 Å². The van der Waals surface area contributed by atoms with Crippen molar-refractivity contribution in [2.24, 2.45) is 0 Å². The van der Waals surface area contributed by atoms with Gasteiger partial charge >= 0.3 is 0 Å². The summed E-state index contributed by atoms with van der Waals surface area (Å²) in [6.45, 7) is 3.28. The first-order chi connectivity index (χ1) is 18.1. The molecule has 0 bridgehead atoms. The molecule has 3 rings (SSSR count). The molecular formula is C28H37Cl2N3O4S. The zero-order chi connectivity index (χ0) is 27.9. The Labute approximate surface area is 236 Å². The van der Waals surface area contributed by atoms with Crippen LogP contribution in [0.15, 0.2) is 42.5 Å². The van der Waals surface area contributed by atoms with Crippen molar-refractivity contribution in [1.29, 1.82) is 0 Å². The number of carbonyl (C=O) groups excluding carboxylic acids is 2. The van der Waals surface area contributed by atoms with Gasteiger partial charge in [0.15, 0.2) is 0 Å². The van der Waals surface area contributed by atoms with Crippen molar-refractivity contribution >= 4 is 50.7 Å². The Bertz CT molecular complexity index is 1210. The second kappa shape index (κ2) is 13.7. The lowest BCUT2D eigenvalue weighted by molar-refractivity contribution is -0.140. The highest BCUT2D eigenvalue weighted by molar-refractivity contribution is 7.92. The number of amides is 2. The van der Waals surface area contributed by atoms with E-state index in [-0.39, 0.29) is 18.5 Å². The first-order valence-corrected chi connectivity index (χ1v) is 15.8. The second-order valence-electron chi connectivity index (χ2n) is 9.74. The minimum absolute atomic E-state index is 0.0268. The number of hydrogen-bond acceptors (Lipinski definition) is 4. The summed E-state index contributed by atoms with van der Waals surface area (Å²) in [5, 5.41) is 3.86. The smallest absolute Gasteiger partial charge is 0.244 e. The van der Waals surface area contributed by atoms with Gasteiger partial charge in [-0.3, -0.25) is 13.9 Å². The summed E-state index contributed by atoms with van der Waals surface area (Å²) < 4.78 is 26.9. The van der Waals surface area contributed by atoms with Gasteiger partial charge in [-0.1, -0.05) is 80.6 Å². The quantitative estimate of drug-likeness (QED) is 0.375. The lowest BCUT2D eigenvalue weighted by atomic mass is 9.95. The zero-order valence-corrected chi connectivity index (χ0v) is 24.6. The van der Waals surface area contributed by atoms with Crippen molar-refractivity contribution < 1.29 is 18.0 Å². The van der Waals surface area contributed by atoms with Gasteiger partial charge in [0, 0.05) is 28.2 Å². The number of benzene rings is 2. The summed E-state index contributed by atoms with van der Waals surface area (Å²) >= 11 is 12.9. The average Bonchev–Trinajstić information content (AvgIpc) is 2.88. The third kappa shape index (κ3) is 7.64. The average molecular weight is 583 g/mol. The normalized spacial score (nSPS) is 15.1. The molecule has 38 heavy (non-hydrogen) atoms. The number of sulfonamides is 1. The largest absolute Gasteiger partial charge is 0.352 e. The molecule has 1 N–H and O–H groups in total. The van der Waals surface area contributed by atoms with Crippen LogP contribution in [0, 0.1) is 0 Å². The van der Waals surface area contributed by atoms with Crippen LogP contribution in [0.1, 0.15) is 63.5 Å². The third-order valence-corrected chi connectivity index (χ3v) is 8.88. The molecule has 1 aliphatic rings. The Balaban J connectivity index is 1.98. The van der Waals surface area contributed by atoms with Crippen LogP contribution in [0.4, 0.5) is 5.69 Å². The van der Waals surface area contributed by atoms with E-state index in [0.29, 0.717) is 34.1 Å². The summed E-state index contributed by atoms with van der Waals surface area (Å²) in [5.74, 6) is -0.765. The van der Waals surface area contributed by atoms with E-state index in [2.05, 4.69) is 5.32 Å². The van der Waals surface area contributed by atoms with Crippen LogP contribution in [0.25, 0.3) is 0 Å². The Kier molecular flexibility index (Phi) is 10.9. The molecule has 0 unspecified atom stereocenters. The second-order valence-corrected chi connectivity index (χ2v) is 12.5. The molecule has 0 spiro atoms. The van der Waals surface area contributed by atoms with Crippen molar-refractivity contribution in [2.45, 2.75) is 77.4 Å². The van der Waals surface area contributed by atoms with Crippen molar-refractivity contribution in [3.05, 3.63) is 63.6 Å². The van der Waals surface area contributed by atoms with Gasteiger partial charge in [0.1, 0.15) is 12.6 Å². The number of halogens is 2. The zero-order valence-electron chi connectivity index (χ0n) is 22.3. The lowest BCUT2D eigenvalue weighted by Crippen LogP contribution is -2.54. The maximum absolute atomic E-state index is 14.0. The van der Waals surface area contributed by atoms with Crippen LogP contribution in [0.2, 0.25) is 10.0 Å². The maximum Gasteiger partial charge on any atom is 0.244 e. The van der Waals surface area contributed by atoms with Gasteiger partial charge in [-0.05, 0) is 49.4 Å². The summed E-state index contributed by atoms with van der Waals surface area (Å²) in [6, 6.07) is 11.4.